The van der Waals surface area contributed by atoms with E-state index < -0.39 is 5.97 Å². The first-order valence-corrected chi connectivity index (χ1v) is 12.5. The number of aliphatic carboxylic acids is 1. The van der Waals surface area contributed by atoms with Gasteiger partial charge in [0.1, 0.15) is 11.5 Å². The minimum absolute atomic E-state index is 0.195. The van der Waals surface area contributed by atoms with E-state index in [0.29, 0.717) is 19.6 Å². The van der Waals surface area contributed by atoms with Gasteiger partial charge in [-0.05, 0) is 84.3 Å². The van der Waals surface area contributed by atoms with E-state index in [1.165, 1.54) is 22.3 Å². The molecule has 5 rings (SSSR count). The first-order chi connectivity index (χ1) is 17.7. The number of fused-ring (bicyclic) bond motifs is 3. The molecule has 4 aromatic rings. The monoisotopic (exact) mass is 482 g/mol. The number of hydrogen-bond acceptors (Lipinski definition) is 4. The molecule has 1 N–H and O–H groups in total. The van der Waals surface area contributed by atoms with Crippen molar-refractivity contribution >= 4 is 5.97 Å². The number of carboxylic acid groups (broad SMARTS) is 1. The van der Waals surface area contributed by atoms with Crippen LogP contribution in [0.1, 0.15) is 49.1 Å². The van der Waals surface area contributed by atoms with Crippen LogP contribution in [0, 0.1) is 0 Å². The molecular formula is C30H30N2O4. The van der Waals surface area contributed by atoms with Crippen molar-refractivity contribution in [2.75, 3.05) is 13.2 Å². The van der Waals surface area contributed by atoms with Gasteiger partial charge in [-0.25, -0.2) is 4.98 Å². The Kier molecular flexibility index (Phi) is 7.31. The molecule has 1 aromatic heterocycles. The predicted octanol–water partition coefficient (Wildman–Crippen LogP) is 6.48. The molecule has 6 nitrogen and oxygen atoms in total. The van der Waals surface area contributed by atoms with E-state index in [1.807, 2.05) is 41.1 Å². The normalized spacial score (nSPS) is 13.7. The molecule has 0 spiro atoms. The number of aromatic nitrogens is 2. The molecule has 0 bridgehead atoms. The lowest BCUT2D eigenvalue weighted by atomic mass is 9.91. The van der Waals surface area contributed by atoms with Crippen molar-refractivity contribution in [3.05, 3.63) is 96.6 Å². The van der Waals surface area contributed by atoms with E-state index >= 15 is 0 Å². The highest BCUT2D eigenvalue weighted by Crippen LogP contribution is 2.48. The highest BCUT2D eigenvalue weighted by molar-refractivity contribution is 5.79. The van der Waals surface area contributed by atoms with Crippen molar-refractivity contribution < 1.29 is 19.4 Å². The van der Waals surface area contributed by atoms with Gasteiger partial charge in [-0.2, -0.15) is 0 Å². The van der Waals surface area contributed by atoms with Gasteiger partial charge in [0.25, 0.3) is 0 Å². The molecule has 0 amide bonds. The Balaban J connectivity index is 1.11. The summed E-state index contributed by atoms with van der Waals surface area (Å²) < 4.78 is 13.9. The number of imidazole rings is 1. The minimum atomic E-state index is -0.742. The molecule has 0 fully saturated rings. The lowest BCUT2D eigenvalue weighted by Crippen LogP contribution is -2.03. The first-order valence-electron chi connectivity index (χ1n) is 12.5. The first kappa shape index (κ1) is 23.7. The van der Waals surface area contributed by atoms with Gasteiger partial charge in [0.15, 0.2) is 0 Å². The Morgan fingerprint density at radius 3 is 2.33 bits per heavy atom. The third kappa shape index (κ3) is 5.43. The molecule has 0 radical (unpaired) electrons. The summed E-state index contributed by atoms with van der Waals surface area (Å²) in [6, 6.07) is 22.7. The van der Waals surface area contributed by atoms with E-state index in [4.69, 9.17) is 14.6 Å². The van der Waals surface area contributed by atoms with Gasteiger partial charge in [-0.3, -0.25) is 4.79 Å². The molecule has 1 aliphatic rings. The van der Waals surface area contributed by atoms with E-state index in [0.717, 1.165) is 36.4 Å². The van der Waals surface area contributed by atoms with Gasteiger partial charge < -0.3 is 19.1 Å². The quantitative estimate of drug-likeness (QED) is 0.234. The van der Waals surface area contributed by atoms with E-state index in [1.54, 1.807) is 12.5 Å². The van der Waals surface area contributed by atoms with Crippen LogP contribution in [0.4, 0.5) is 0 Å². The molecule has 36 heavy (non-hydrogen) atoms. The van der Waals surface area contributed by atoms with Gasteiger partial charge in [0.05, 0.1) is 19.5 Å². The van der Waals surface area contributed by atoms with Crippen LogP contribution in [0.2, 0.25) is 0 Å². The smallest absolute Gasteiger partial charge is 0.303 e. The zero-order chi connectivity index (χ0) is 24.7. The molecule has 0 aliphatic heterocycles. The standard InChI is InChI=1S/C30H30N2O4/c33-30(34)9-5-8-27-25-6-1-2-7-26(25)28-15-14-24(20-29(27)28)36-19-4-3-18-35-23-12-10-22(11-13-23)32-17-16-31-21-32/h1-2,6-7,10-17,20-21,27H,3-5,8-9,18-19H2,(H,33,34). The van der Waals surface area contributed by atoms with Crippen LogP contribution in [0.5, 0.6) is 11.5 Å². The number of unbranched alkanes of at least 4 members (excludes halogenated alkanes) is 1. The maximum Gasteiger partial charge on any atom is 0.303 e. The second-order valence-corrected chi connectivity index (χ2v) is 9.04. The minimum Gasteiger partial charge on any atom is -0.494 e. The largest absolute Gasteiger partial charge is 0.494 e. The molecule has 6 heteroatoms. The Morgan fingerprint density at radius 2 is 1.58 bits per heavy atom. The van der Waals surface area contributed by atoms with E-state index in [9.17, 15) is 4.79 Å². The molecule has 3 aromatic carbocycles. The number of carbonyl (C=O) groups is 1. The second-order valence-electron chi connectivity index (χ2n) is 9.04. The highest BCUT2D eigenvalue weighted by atomic mass is 16.5. The highest BCUT2D eigenvalue weighted by Gasteiger charge is 2.28. The van der Waals surface area contributed by atoms with Crippen molar-refractivity contribution in [1.82, 2.24) is 9.55 Å². The molecule has 0 saturated heterocycles. The average molecular weight is 483 g/mol. The van der Waals surface area contributed by atoms with Crippen LogP contribution < -0.4 is 9.47 Å². The Bertz CT molecular complexity index is 1300. The summed E-state index contributed by atoms with van der Waals surface area (Å²) in [4.78, 5) is 15.1. The summed E-state index contributed by atoms with van der Waals surface area (Å²) in [7, 11) is 0. The summed E-state index contributed by atoms with van der Waals surface area (Å²) in [6.07, 6.45) is 8.91. The average Bonchev–Trinajstić information content (AvgIpc) is 3.54. The number of ether oxygens (including phenoxy) is 2. The third-order valence-electron chi connectivity index (χ3n) is 6.62. The van der Waals surface area contributed by atoms with Gasteiger partial charge in [0.2, 0.25) is 0 Å². The summed E-state index contributed by atoms with van der Waals surface area (Å²) in [6.45, 7) is 1.26. The van der Waals surface area contributed by atoms with Gasteiger partial charge in [-0.1, -0.05) is 30.3 Å². The topological polar surface area (TPSA) is 73.6 Å². The Labute approximate surface area is 211 Å². The van der Waals surface area contributed by atoms with Crippen molar-refractivity contribution in [3.8, 4) is 28.3 Å². The van der Waals surface area contributed by atoms with E-state index in [2.05, 4.69) is 41.4 Å². The SMILES string of the molecule is O=C(O)CCCC1c2ccccc2-c2ccc(OCCCCOc3ccc(-n4ccnc4)cc3)cc21. The summed E-state index contributed by atoms with van der Waals surface area (Å²) in [5, 5.41) is 9.06. The van der Waals surface area contributed by atoms with Crippen LogP contribution in [0.25, 0.3) is 16.8 Å². The van der Waals surface area contributed by atoms with Crippen molar-refractivity contribution in [3.63, 3.8) is 0 Å². The molecule has 0 saturated carbocycles. The zero-order valence-corrected chi connectivity index (χ0v) is 20.2. The number of carboxylic acids is 1. The maximum absolute atomic E-state index is 11.0. The van der Waals surface area contributed by atoms with Crippen LogP contribution in [0.3, 0.4) is 0 Å². The number of hydrogen-bond donors (Lipinski definition) is 1. The Hall–Kier alpha value is -4.06. The molecule has 1 unspecified atom stereocenters. The fourth-order valence-electron chi connectivity index (χ4n) is 4.86. The summed E-state index contributed by atoms with van der Waals surface area (Å²) in [5.41, 5.74) is 6.04. The van der Waals surface area contributed by atoms with Crippen LogP contribution in [0.15, 0.2) is 85.5 Å². The van der Waals surface area contributed by atoms with Gasteiger partial charge in [0, 0.05) is 30.4 Å². The molecule has 1 aliphatic carbocycles. The van der Waals surface area contributed by atoms with Crippen LogP contribution in [-0.4, -0.2) is 33.8 Å². The van der Waals surface area contributed by atoms with Crippen LogP contribution in [-0.2, 0) is 4.79 Å². The van der Waals surface area contributed by atoms with Crippen molar-refractivity contribution in [2.24, 2.45) is 0 Å². The molecular weight excluding hydrogens is 452 g/mol. The Morgan fingerprint density at radius 1 is 0.861 bits per heavy atom. The number of nitrogens with zero attached hydrogens (tertiary/aromatic N) is 2. The number of benzene rings is 3. The lowest BCUT2D eigenvalue weighted by Gasteiger charge is -2.14. The fourth-order valence-corrected chi connectivity index (χ4v) is 4.86. The molecule has 1 heterocycles. The zero-order valence-electron chi connectivity index (χ0n) is 20.2. The van der Waals surface area contributed by atoms with Crippen molar-refractivity contribution in [2.45, 2.75) is 38.0 Å². The van der Waals surface area contributed by atoms with E-state index in [-0.39, 0.29) is 12.3 Å². The van der Waals surface area contributed by atoms with Crippen molar-refractivity contribution in [1.29, 1.82) is 0 Å². The predicted molar refractivity (Wildman–Crippen MR) is 139 cm³/mol. The van der Waals surface area contributed by atoms with Gasteiger partial charge >= 0.3 is 5.97 Å². The molecule has 1 atom stereocenters. The summed E-state index contributed by atoms with van der Waals surface area (Å²) in [5.74, 6) is 1.19. The third-order valence-corrected chi connectivity index (χ3v) is 6.62. The van der Waals surface area contributed by atoms with Crippen LogP contribution >= 0.6 is 0 Å². The molecule has 184 valence electrons. The maximum atomic E-state index is 11.0. The lowest BCUT2D eigenvalue weighted by molar-refractivity contribution is -0.137. The fraction of sp³-hybridized carbons (Fsp3) is 0.267. The van der Waals surface area contributed by atoms with Gasteiger partial charge in [-0.15, -0.1) is 0 Å². The second kappa shape index (κ2) is 11.1. The number of rotatable bonds is 12. The summed E-state index contributed by atoms with van der Waals surface area (Å²) >= 11 is 0.